The van der Waals surface area contributed by atoms with Crippen LogP contribution in [0.5, 0.6) is 0 Å². The number of amides is 1. The zero-order valence-corrected chi connectivity index (χ0v) is 12.5. The molecule has 0 radical (unpaired) electrons. The van der Waals surface area contributed by atoms with Gasteiger partial charge < -0.3 is 14.4 Å². The summed E-state index contributed by atoms with van der Waals surface area (Å²) >= 11 is 0. The molecule has 6 nitrogen and oxygen atoms in total. The first-order valence-electron chi connectivity index (χ1n) is 7.63. The van der Waals surface area contributed by atoms with E-state index in [0.29, 0.717) is 18.8 Å². The highest BCUT2D eigenvalue weighted by atomic mass is 16.6. The fraction of sp³-hybridized carbons (Fsp3) is 0.500. The quantitative estimate of drug-likeness (QED) is 0.914. The first kappa shape index (κ1) is 13.7. The van der Waals surface area contributed by atoms with Gasteiger partial charge in [0.1, 0.15) is 11.7 Å². The van der Waals surface area contributed by atoms with E-state index in [4.69, 9.17) is 9.47 Å². The van der Waals surface area contributed by atoms with E-state index in [1.54, 1.807) is 7.11 Å². The number of aromatic amines is 1. The highest BCUT2D eigenvalue weighted by Crippen LogP contribution is 2.37. The predicted octanol–water partition coefficient (Wildman–Crippen LogP) is 1.58. The largest absolute Gasteiger partial charge is 0.377 e. The zero-order chi connectivity index (χ0) is 15.2. The first-order chi connectivity index (χ1) is 10.7. The predicted molar refractivity (Wildman–Crippen MR) is 80.7 cm³/mol. The van der Waals surface area contributed by atoms with Crippen molar-refractivity contribution in [2.24, 2.45) is 0 Å². The highest BCUT2D eigenvalue weighted by molar-refractivity contribution is 6.04. The Balaban J connectivity index is 1.64. The molecule has 0 unspecified atom stereocenters. The molecular weight excluding hydrogens is 282 g/mol. The van der Waals surface area contributed by atoms with E-state index in [1.165, 1.54) is 0 Å². The minimum absolute atomic E-state index is 0.0631. The molecule has 1 spiro atoms. The maximum Gasteiger partial charge on any atom is 0.275 e. The van der Waals surface area contributed by atoms with Crippen LogP contribution in [0.1, 0.15) is 23.3 Å². The number of hydrogen-bond acceptors (Lipinski definition) is 4. The molecule has 2 aliphatic heterocycles. The van der Waals surface area contributed by atoms with Crippen LogP contribution in [0.4, 0.5) is 0 Å². The lowest BCUT2D eigenvalue weighted by Crippen LogP contribution is -2.42. The maximum absolute atomic E-state index is 12.9. The Kier molecular flexibility index (Phi) is 3.16. The molecule has 0 aliphatic carbocycles. The van der Waals surface area contributed by atoms with E-state index >= 15 is 0 Å². The number of hydrogen-bond donors (Lipinski definition) is 1. The van der Waals surface area contributed by atoms with E-state index in [9.17, 15) is 4.79 Å². The van der Waals surface area contributed by atoms with Crippen LogP contribution in [-0.4, -0.2) is 59.5 Å². The lowest BCUT2D eigenvalue weighted by molar-refractivity contribution is -0.0754. The summed E-state index contributed by atoms with van der Waals surface area (Å²) in [6.07, 6.45) is 1.90. The van der Waals surface area contributed by atoms with Gasteiger partial charge in [0.25, 0.3) is 5.91 Å². The van der Waals surface area contributed by atoms with Crippen molar-refractivity contribution in [3.63, 3.8) is 0 Å². The van der Waals surface area contributed by atoms with Crippen LogP contribution in [0.15, 0.2) is 24.3 Å². The van der Waals surface area contributed by atoms with Crippen LogP contribution in [-0.2, 0) is 9.47 Å². The van der Waals surface area contributed by atoms with Crippen molar-refractivity contribution in [1.82, 2.24) is 15.1 Å². The van der Waals surface area contributed by atoms with Crippen molar-refractivity contribution in [3.8, 4) is 0 Å². The molecule has 4 rings (SSSR count). The molecule has 2 atom stereocenters. The van der Waals surface area contributed by atoms with E-state index in [-0.39, 0.29) is 17.6 Å². The summed E-state index contributed by atoms with van der Waals surface area (Å²) in [4.78, 5) is 14.7. The number of carbonyl (C=O) groups is 1. The Labute approximate surface area is 128 Å². The maximum atomic E-state index is 12.9. The van der Waals surface area contributed by atoms with Crippen molar-refractivity contribution in [2.75, 3.05) is 26.8 Å². The summed E-state index contributed by atoms with van der Waals surface area (Å²) in [5.41, 5.74) is 1.01. The number of benzene rings is 1. The van der Waals surface area contributed by atoms with Crippen molar-refractivity contribution < 1.29 is 14.3 Å². The number of nitrogens with one attached hydrogen (secondary N) is 1. The number of nitrogens with zero attached hydrogens (tertiary/aromatic N) is 2. The smallest absolute Gasteiger partial charge is 0.275 e. The SMILES string of the molecule is CO[C@H]1CN(C(=O)c2n[nH]c3ccccc23)C[C@@]12CCCO2. The number of para-hydroxylation sites is 1. The van der Waals surface area contributed by atoms with Crippen molar-refractivity contribution >= 4 is 16.8 Å². The average molecular weight is 301 g/mol. The van der Waals surface area contributed by atoms with Crippen LogP contribution < -0.4 is 0 Å². The van der Waals surface area contributed by atoms with Crippen molar-refractivity contribution in [2.45, 2.75) is 24.5 Å². The third-order valence-electron chi connectivity index (χ3n) is 4.81. The van der Waals surface area contributed by atoms with Crippen LogP contribution >= 0.6 is 0 Å². The van der Waals surface area contributed by atoms with Gasteiger partial charge in [-0.1, -0.05) is 18.2 Å². The first-order valence-corrected chi connectivity index (χ1v) is 7.63. The van der Waals surface area contributed by atoms with E-state index in [2.05, 4.69) is 10.2 Å². The molecule has 2 aromatic rings. The molecule has 3 heterocycles. The van der Waals surface area contributed by atoms with Gasteiger partial charge >= 0.3 is 0 Å². The van der Waals surface area contributed by atoms with Crippen molar-refractivity contribution in [3.05, 3.63) is 30.0 Å². The zero-order valence-electron chi connectivity index (χ0n) is 12.5. The normalized spacial score (nSPS) is 28.0. The number of ether oxygens (including phenoxy) is 2. The second kappa shape index (κ2) is 5.07. The number of likely N-dealkylation sites (tertiary alicyclic amines) is 1. The van der Waals surface area contributed by atoms with E-state index in [0.717, 1.165) is 30.4 Å². The fourth-order valence-electron chi connectivity index (χ4n) is 3.67. The van der Waals surface area contributed by atoms with Gasteiger partial charge in [-0.3, -0.25) is 9.89 Å². The number of methoxy groups -OCH3 is 1. The number of H-pyrrole nitrogens is 1. The van der Waals surface area contributed by atoms with Gasteiger partial charge in [0.2, 0.25) is 0 Å². The van der Waals surface area contributed by atoms with Gasteiger partial charge in [-0.05, 0) is 18.9 Å². The van der Waals surface area contributed by atoms with E-state index in [1.807, 2.05) is 29.2 Å². The monoisotopic (exact) mass is 301 g/mol. The standard InChI is InChI=1S/C16H19N3O3/c1-21-13-9-19(10-16(13)7-4-8-22-16)15(20)14-11-5-2-3-6-12(11)17-18-14/h2-3,5-6,13H,4,7-10H2,1H3,(H,17,18)/t13-,16-/m0/s1. The summed E-state index contributed by atoms with van der Waals surface area (Å²) in [7, 11) is 1.69. The Morgan fingerprint density at radius 2 is 2.36 bits per heavy atom. The third-order valence-corrected chi connectivity index (χ3v) is 4.81. The molecule has 2 fully saturated rings. The molecule has 1 aromatic heterocycles. The molecule has 1 N–H and O–H groups in total. The van der Waals surface area contributed by atoms with Crippen LogP contribution in [0.2, 0.25) is 0 Å². The Bertz CT molecular complexity index is 705. The number of rotatable bonds is 2. The van der Waals surface area contributed by atoms with Crippen LogP contribution in [0.25, 0.3) is 10.9 Å². The van der Waals surface area contributed by atoms with Gasteiger partial charge in [-0.2, -0.15) is 5.10 Å². The molecule has 116 valence electrons. The van der Waals surface area contributed by atoms with Crippen LogP contribution in [0, 0.1) is 0 Å². The summed E-state index contributed by atoms with van der Waals surface area (Å²) in [6, 6.07) is 7.67. The topological polar surface area (TPSA) is 67.5 Å². The lowest BCUT2D eigenvalue weighted by Gasteiger charge is -2.27. The fourth-order valence-corrected chi connectivity index (χ4v) is 3.67. The highest BCUT2D eigenvalue weighted by Gasteiger charge is 2.51. The molecule has 0 bridgehead atoms. The molecule has 1 amide bonds. The second-order valence-electron chi connectivity index (χ2n) is 6.04. The molecule has 1 aromatic carbocycles. The summed E-state index contributed by atoms with van der Waals surface area (Å²) in [5.74, 6) is -0.0631. The van der Waals surface area contributed by atoms with Gasteiger partial charge in [-0.25, -0.2) is 0 Å². The number of aromatic nitrogens is 2. The van der Waals surface area contributed by atoms with Gasteiger partial charge in [0, 0.05) is 19.1 Å². The minimum atomic E-state index is -0.337. The molecule has 6 heteroatoms. The Morgan fingerprint density at radius 3 is 3.14 bits per heavy atom. The number of fused-ring (bicyclic) bond motifs is 1. The molecule has 22 heavy (non-hydrogen) atoms. The molecule has 2 aliphatic rings. The van der Waals surface area contributed by atoms with Crippen LogP contribution in [0.3, 0.4) is 0 Å². The lowest BCUT2D eigenvalue weighted by atomic mass is 9.96. The molecular formula is C16H19N3O3. The van der Waals surface area contributed by atoms with Gasteiger partial charge in [-0.15, -0.1) is 0 Å². The third kappa shape index (κ3) is 1.94. The summed E-state index contributed by atoms with van der Waals surface area (Å²) in [5, 5.41) is 7.98. The summed E-state index contributed by atoms with van der Waals surface area (Å²) < 4.78 is 11.5. The molecule has 2 saturated heterocycles. The summed E-state index contributed by atoms with van der Waals surface area (Å²) in [6.45, 7) is 1.87. The average Bonchev–Trinajstić information content (AvgIpc) is 3.26. The van der Waals surface area contributed by atoms with E-state index < -0.39 is 0 Å². The van der Waals surface area contributed by atoms with Gasteiger partial charge in [0.15, 0.2) is 5.69 Å². The Hall–Kier alpha value is -1.92. The second-order valence-corrected chi connectivity index (χ2v) is 6.04. The minimum Gasteiger partial charge on any atom is -0.377 e. The number of carbonyl (C=O) groups excluding carboxylic acids is 1. The molecule has 0 saturated carbocycles. The van der Waals surface area contributed by atoms with Gasteiger partial charge in [0.05, 0.1) is 18.6 Å². The Morgan fingerprint density at radius 1 is 1.50 bits per heavy atom. The van der Waals surface area contributed by atoms with Crippen molar-refractivity contribution in [1.29, 1.82) is 0 Å².